The van der Waals surface area contributed by atoms with Gasteiger partial charge in [-0.05, 0) is 57.5 Å². The van der Waals surface area contributed by atoms with Gasteiger partial charge in [-0.3, -0.25) is 16.2 Å². The van der Waals surface area contributed by atoms with E-state index in [9.17, 15) is 0 Å². The summed E-state index contributed by atoms with van der Waals surface area (Å²) in [5.41, 5.74) is 4.17. The maximum atomic E-state index is 5.91. The average molecular weight is 291 g/mol. The Morgan fingerprint density at radius 1 is 1.19 bits per heavy atom. The molecule has 0 amide bonds. The molecule has 4 nitrogen and oxygen atoms in total. The first-order chi connectivity index (χ1) is 10.1. The molecule has 1 unspecified atom stereocenters. The van der Waals surface area contributed by atoms with Gasteiger partial charge in [0.2, 0.25) is 0 Å². The van der Waals surface area contributed by atoms with Crippen LogP contribution in [0.15, 0.2) is 24.3 Å². The van der Waals surface area contributed by atoms with E-state index in [1.807, 2.05) is 12.1 Å². The summed E-state index contributed by atoms with van der Waals surface area (Å²) in [7, 11) is 1.70. The number of nitrogens with one attached hydrogen (secondary N) is 1. The maximum absolute atomic E-state index is 5.91. The Hall–Kier alpha value is -1.10. The molecule has 3 N–H and O–H groups in total. The van der Waals surface area contributed by atoms with Gasteiger partial charge >= 0.3 is 0 Å². The fourth-order valence-electron chi connectivity index (χ4n) is 3.36. The van der Waals surface area contributed by atoms with Crippen molar-refractivity contribution < 1.29 is 4.74 Å². The molecule has 0 aromatic heterocycles. The predicted molar refractivity (Wildman–Crippen MR) is 87.2 cm³/mol. The van der Waals surface area contributed by atoms with Crippen molar-refractivity contribution in [1.82, 2.24) is 10.3 Å². The highest BCUT2D eigenvalue weighted by molar-refractivity contribution is 5.32. The normalized spacial score (nSPS) is 19.0. The monoisotopic (exact) mass is 291 g/mol. The number of hydrogen-bond donors (Lipinski definition) is 2. The molecule has 0 saturated carbocycles. The Morgan fingerprint density at radius 3 is 2.43 bits per heavy atom. The largest absolute Gasteiger partial charge is 0.497 e. The summed E-state index contributed by atoms with van der Waals surface area (Å²) < 4.78 is 5.35. The number of nitrogens with zero attached hydrogens (tertiary/aromatic N) is 1. The molecular weight excluding hydrogens is 262 g/mol. The van der Waals surface area contributed by atoms with Crippen LogP contribution >= 0.6 is 0 Å². The molecule has 1 saturated heterocycles. The molecule has 0 spiro atoms. The van der Waals surface area contributed by atoms with Crippen LogP contribution in [0.2, 0.25) is 0 Å². The molecule has 1 heterocycles. The number of nitrogens with two attached hydrogens (primary N) is 1. The first kappa shape index (κ1) is 16.3. The fourth-order valence-corrected chi connectivity index (χ4v) is 3.36. The van der Waals surface area contributed by atoms with E-state index in [4.69, 9.17) is 10.6 Å². The van der Waals surface area contributed by atoms with Crippen molar-refractivity contribution in [2.45, 2.75) is 51.1 Å². The highest BCUT2D eigenvalue weighted by Gasteiger charge is 2.36. The summed E-state index contributed by atoms with van der Waals surface area (Å²) in [5, 5.41) is 0. The van der Waals surface area contributed by atoms with E-state index in [2.05, 4.69) is 36.3 Å². The van der Waals surface area contributed by atoms with Crippen molar-refractivity contribution in [3.63, 3.8) is 0 Å². The van der Waals surface area contributed by atoms with Crippen molar-refractivity contribution in [2.24, 2.45) is 5.84 Å². The van der Waals surface area contributed by atoms with E-state index >= 15 is 0 Å². The zero-order valence-electron chi connectivity index (χ0n) is 13.6. The van der Waals surface area contributed by atoms with E-state index in [1.54, 1.807) is 7.11 Å². The summed E-state index contributed by atoms with van der Waals surface area (Å²) in [6.07, 6.45) is 5.23. The number of likely N-dealkylation sites (tertiary alicyclic amines) is 1. The number of hydrogen-bond acceptors (Lipinski definition) is 4. The summed E-state index contributed by atoms with van der Waals surface area (Å²) in [4.78, 5) is 2.57. The van der Waals surface area contributed by atoms with Crippen molar-refractivity contribution in [2.75, 3.05) is 20.2 Å². The molecule has 118 valence electrons. The second kappa shape index (κ2) is 7.25. The number of benzene rings is 1. The van der Waals surface area contributed by atoms with Crippen LogP contribution in [-0.4, -0.2) is 30.6 Å². The van der Waals surface area contributed by atoms with Gasteiger partial charge in [-0.1, -0.05) is 25.0 Å². The van der Waals surface area contributed by atoms with Gasteiger partial charge in [0.25, 0.3) is 0 Å². The Labute approximate surface area is 128 Å². The predicted octanol–water partition coefficient (Wildman–Crippen LogP) is 2.85. The van der Waals surface area contributed by atoms with Crippen LogP contribution in [0.25, 0.3) is 0 Å². The average Bonchev–Trinajstić information content (AvgIpc) is 2.77. The molecule has 1 fully saturated rings. The van der Waals surface area contributed by atoms with Crippen LogP contribution in [-0.2, 0) is 0 Å². The van der Waals surface area contributed by atoms with Crippen LogP contribution in [0.3, 0.4) is 0 Å². The third kappa shape index (κ3) is 3.76. The SMILES string of the molecule is COc1cccc(C(NN)C(C)(C)N2CCCCCC2)c1. The summed E-state index contributed by atoms with van der Waals surface area (Å²) >= 11 is 0. The smallest absolute Gasteiger partial charge is 0.119 e. The molecule has 0 aliphatic carbocycles. The van der Waals surface area contributed by atoms with Crippen molar-refractivity contribution >= 4 is 0 Å². The van der Waals surface area contributed by atoms with E-state index in [1.165, 1.54) is 31.2 Å². The lowest BCUT2D eigenvalue weighted by Crippen LogP contribution is -2.54. The zero-order valence-corrected chi connectivity index (χ0v) is 13.6. The summed E-state index contributed by atoms with van der Waals surface area (Å²) in [6.45, 7) is 6.86. The minimum Gasteiger partial charge on any atom is -0.497 e. The van der Waals surface area contributed by atoms with Gasteiger partial charge in [-0.25, -0.2) is 0 Å². The Morgan fingerprint density at radius 2 is 1.86 bits per heavy atom. The fraction of sp³-hybridized carbons (Fsp3) is 0.647. The molecule has 0 bridgehead atoms. The van der Waals surface area contributed by atoms with E-state index in [0.29, 0.717) is 0 Å². The molecule has 21 heavy (non-hydrogen) atoms. The molecule has 1 aliphatic heterocycles. The van der Waals surface area contributed by atoms with Crippen LogP contribution < -0.4 is 16.0 Å². The van der Waals surface area contributed by atoms with E-state index in [-0.39, 0.29) is 11.6 Å². The van der Waals surface area contributed by atoms with Crippen LogP contribution in [0.1, 0.15) is 51.1 Å². The highest BCUT2D eigenvalue weighted by Crippen LogP contribution is 2.33. The van der Waals surface area contributed by atoms with Crippen molar-refractivity contribution in [3.8, 4) is 5.75 Å². The third-order valence-electron chi connectivity index (χ3n) is 4.72. The molecule has 1 atom stereocenters. The van der Waals surface area contributed by atoms with E-state index in [0.717, 1.165) is 18.8 Å². The van der Waals surface area contributed by atoms with Crippen LogP contribution in [0.4, 0.5) is 0 Å². The van der Waals surface area contributed by atoms with Crippen LogP contribution in [0, 0.1) is 0 Å². The van der Waals surface area contributed by atoms with Crippen molar-refractivity contribution in [1.29, 1.82) is 0 Å². The molecule has 4 heteroatoms. The van der Waals surface area contributed by atoms with Gasteiger partial charge in [0.05, 0.1) is 13.2 Å². The lowest BCUT2D eigenvalue weighted by molar-refractivity contribution is 0.0833. The van der Waals surface area contributed by atoms with Gasteiger partial charge in [-0.15, -0.1) is 0 Å². The molecule has 0 radical (unpaired) electrons. The molecule has 1 aromatic carbocycles. The topological polar surface area (TPSA) is 50.5 Å². The third-order valence-corrected chi connectivity index (χ3v) is 4.72. The molecule has 2 rings (SSSR count). The minimum absolute atomic E-state index is 0.0363. The maximum Gasteiger partial charge on any atom is 0.119 e. The zero-order chi connectivity index (χ0) is 15.3. The first-order valence-electron chi connectivity index (χ1n) is 7.94. The Balaban J connectivity index is 2.24. The number of rotatable bonds is 5. The van der Waals surface area contributed by atoms with Gasteiger partial charge in [-0.2, -0.15) is 0 Å². The number of ether oxygens (including phenoxy) is 1. The summed E-state index contributed by atoms with van der Waals surface area (Å²) in [5.74, 6) is 6.79. The van der Waals surface area contributed by atoms with E-state index < -0.39 is 0 Å². The lowest BCUT2D eigenvalue weighted by atomic mass is 9.87. The lowest BCUT2D eigenvalue weighted by Gasteiger charge is -2.44. The first-order valence-corrected chi connectivity index (χ1v) is 7.94. The summed E-state index contributed by atoms with van der Waals surface area (Å²) in [6, 6.07) is 8.26. The Kier molecular flexibility index (Phi) is 5.62. The highest BCUT2D eigenvalue weighted by atomic mass is 16.5. The van der Waals surface area contributed by atoms with Crippen molar-refractivity contribution in [3.05, 3.63) is 29.8 Å². The standard InChI is InChI=1S/C17H29N3O/c1-17(2,20-11-6-4-5-7-12-20)16(19-18)14-9-8-10-15(13-14)21-3/h8-10,13,16,19H,4-7,11-12,18H2,1-3H3. The number of hydrazine groups is 1. The minimum atomic E-state index is -0.0363. The van der Waals surface area contributed by atoms with Gasteiger partial charge in [0.15, 0.2) is 0 Å². The number of methoxy groups -OCH3 is 1. The van der Waals surface area contributed by atoms with Gasteiger partial charge in [0, 0.05) is 5.54 Å². The van der Waals surface area contributed by atoms with Crippen LogP contribution in [0.5, 0.6) is 5.75 Å². The quantitative estimate of drug-likeness (QED) is 0.647. The molecule has 1 aliphatic rings. The van der Waals surface area contributed by atoms with Gasteiger partial charge < -0.3 is 4.74 Å². The van der Waals surface area contributed by atoms with Gasteiger partial charge in [0.1, 0.15) is 5.75 Å². The Bertz CT molecular complexity index is 439. The molecular formula is C17H29N3O. The molecule has 1 aromatic rings. The second-order valence-electron chi connectivity index (χ2n) is 6.43. The second-order valence-corrected chi connectivity index (χ2v) is 6.43.